The molecule has 0 amide bonds. The van der Waals surface area contributed by atoms with Gasteiger partial charge in [0.1, 0.15) is 0 Å². The Kier molecular flexibility index (Phi) is 90.8. The molecule has 0 aromatic rings. The highest BCUT2D eigenvalue weighted by atomic mass is 32.2. The van der Waals surface area contributed by atoms with Crippen LogP contribution < -0.4 is 26.6 Å². The van der Waals surface area contributed by atoms with Crippen LogP contribution in [0.5, 0.6) is 0 Å². The predicted octanol–water partition coefficient (Wildman–Crippen LogP) is 21.2. The topological polar surface area (TPSA) is 106 Å². The molecule has 0 unspecified atom stereocenters. The van der Waals surface area contributed by atoms with E-state index in [0.29, 0.717) is 0 Å². The molecule has 0 spiro atoms. The summed E-state index contributed by atoms with van der Waals surface area (Å²) in [6.07, 6.45) is 70.7. The third-order valence-corrected chi connectivity index (χ3v) is 23.8. The highest BCUT2D eigenvalue weighted by Crippen LogP contribution is 2.19. The Labute approximate surface area is 614 Å². The zero-order valence-electron chi connectivity index (χ0n) is 63.2. The van der Waals surface area contributed by atoms with Gasteiger partial charge in [-0.25, -0.2) is 0 Å². The fourth-order valence-electron chi connectivity index (χ4n) is 11.8. The van der Waals surface area contributed by atoms with Crippen LogP contribution in [0.4, 0.5) is 0 Å². The molecule has 15 aliphatic heterocycles. The summed E-state index contributed by atoms with van der Waals surface area (Å²) in [6.45, 7) is 22.5. The van der Waals surface area contributed by atoms with E-state index in [-0.39, 0.29) is 0 Å². The van der Waals surface area contributed by atoms with Gasteiger partial charge in [0.05, 0.1) is 0 Å². The fourth-order valence-corrected chi connectivity index (χ4v) is 16.9. The number of rotatable bonds is 0. The largest absolute Gasteiger partial charge is 0.381 e. The normalized spacial score (nSPS) is 24.0. The minimum atomic E-state index is 1.00. The number of hydrogen-bond acceptors (Lipinski definition) is 15. The molecule has 95 heavy (non-hydrogen) atoms. The smallest absolute Gasteiger partial charge is 0.0466 e. The van der Waals surface area contributed by atoms with E-state index in [1.807, 2.05) is 0 Å². The van der Waals surface area contributed by atoms with Crippen LogP contribution in [-0.2, 0) is 23.7 Å². The van der Waals surface area contributed by atoms with Crippen LogP contribution in [0.1, 0.15) is 321 Å². The minimum absolute atomic E-state index is 1.00. The minimum Gasteiger partial charge on any atom is -0.381 e. The molecule has 15 heterocycles. The van der Waals surface area contributed by atoms with Crippen molar-refractivity contribution in [1.82, 2.24) is 26.6 Å². The van der Waals surface area contributed by atoms with Crippen molar-refractivity contribution in [1.29, 1.82) is 0 Å². The van der Waals surface area contributed by atoms with Gasteiger partial charge in [0, 0.05) is 66.1 Å². The van der Waals surface area contributed by atoms with Gasteiger partial charge in [-0.1, -0.05) is 109 Å². The number of thioether (sulfide) groups is 5. The maximum atomic E-state index is 5.07. The number of hydrogen-bond donors (Lipinski definition) is 5. The lowest BCUT2D eigenvalue weighted by atomic mass is 10.0. The predicted molar refractivity (Wildman–Crippen MR) is 436 cm³/mol. The van der Waals surface area contributed by atoms with Crippen LogP contribution in [0.25, 0.3) is 0 Å². The Hall–Kier alpha value is 1.35. The molecule has 17 aliphatic rings. The number of nitrogens with one attached hydrogen (secondary N) is 5. The van der Waals surface area contributed by atoms with Crippen LogP contribution in [0.3, 0.4) is 0 Å². The first-order valence-corrected chi connectivity index (χ1v) is 47.6. The summed E-state index contributed by atoms with van der Waals surface area (Å²) in [6, 6.07) is 0. The van der Waals surface area contributed by atoms with Gasteiger partial charge in [-0.3, -0.25) is 0 Å². The molecule has 0 aromatic carbocycles. The summed E-state index contributed by atoms with van der Waals surface area (Å²) in [5, 5.41) is 16.3. The standard InChI is InChI=1S/C6H12.3C5H11N.3C5H10O.3C5H10S.C5H10.2C4H9N.2C4H8O.2C4H8S/c10*1-2-4-6-5-3-1;7*1-2-4-5-3-1/h1-6H2;3*6H,1-5H2;6*1-5H2;1-5H2;2*5H,1-4H2;4*1-4H2. The summed E-state index contributed by atoms with van der Waals surface area (Å²) < 4.78 is 25.1. The molecule has 0 atom stereocenters. The van der Waals surface area contributed by atoms with Crippen molar-refractivity contribution in [3.8, 4) is 0 Å². The molecule has 15 saturated heterocycles. The Morgan fingerprint density at radius 1 is 0.116 bits per heavy atom. The van der Waals surface area contributed by atoms with Crippen molar-refractivity contribution in [2.45, 2.75) is 321 Å². The summed E-state index contributed by atoms with van der Waals surface area (Å²) in [4.78, 5) is 0. The van der Waals surface area contributed by atoms with Crippen LogP contribution in [0.2, 0.25) is 0 Å². The third kappa shape index (κ3) is 89.5. The molecule has 0 bridgehead atoms. The van der Waals surface area contributed by atoms with Crippen LogP contribution in [0.15, 0.2) is 0 Å². The molecule has 10 nitrogen and oxygen atoms in total. The van der Waals surface area contributed by atoms with E-state index in [1.54, 1.807) is 0 Å². The Bertz CT molecular complexity index is 798. The van der Waals surface area contributed by atoms with Gasteiger partial charge in [0.25, 0.3) is 0 Å². The van der Waals surface area contributed by atoms with Gasteiger partial charge < -0.3 is 50.3 Å². The number of piperidine rings is 3. The van der Waals surface area contributed by atoms with E-state index in [4.69, 9.17) is 23.7 Å². The maximum absolute atomic E-state index is 5.07. The van der Waals surface area contributed by atoms with Crippen molar-refractivity contribution in [2.75, 3.05) is 189 Å². The average molecular weight is 1440 g/mol. The first-order chi connectivity index (χ1) is 47.5. The lowest BCUT2D eigenvalue weighted by Gasteiger charge is -2.08. The molecule has 17 fully saturated rings. The zero-order valence-corrected chi connectivity index (χ0v) is 67.2. The van der Waals surface area contributed by atoms with Crippen LogP contribution >= 0.6 is 58.8 Å². The average Bonchev–Trinajstić information content (AvgIpc) is 4.55. The zero-order chi connectivity index (χ0) is 67.2. The molecular formula is C80H165N5O5S5. The summed E-state index contributed by atoms with van der Waals surface area (Å²) >= 11 is 10.4. The molecule has 2 aliphatic carbocycles. The van der Waals surface area contributed by atoms with Gasteiger partial charge in [0.15, 0.2) is 0 Å². The molecule has 2 saturated carbocycles. The first kappa shape index (κ1) is 94.4. The van der Waals surface area contributed by atoms with Gasteiger partial charge in [0.2, 0.25) is 0 Å². The monoisotopic (exact) mass is 1440 g/mol. The van der Waals surface area contributed by atoms with E-state index in [1.165, 1.54) is 444 Å². The third-order valence-electron chi connectivity index (χ3n) is 18.1. The lowest BCUT2D eigenvalue weighted by Crippen LogP contribution is -2.21. The molecule has 5 N–H and O–H groups in total. The number of ether oxygens (including phenoxy) is 5. The second kappa shape index (κ2) is 91.4. The van der Waals surface area contributed by atoms with Crippen molar-refractivity contribution in [2.24, 2.45) is 0 Å². The van der Waals surface area contributed by atoms with Crippen LogP contribution in [-0.4, -0.2) is 189 Å². The molecule has 0 radical (unpaired) electrons. The SMILES string of the molecule is C1CCCC1.C1CCCCC1.C1CCNC1.C1CCNC1.C1CCNCC1.C1CCNCC1.C1CCNCC1.C1CCOC1.C1CCOC1.C1CCOCC1.C1CCOCC1.C1CCOCC1.C1CCSC1.C1CCSC1.C1CCSCC1.C1CCSCC1.C1CCSCC1. The van der Waals surface area contributed by atoms with Crippen molar-refractivity contribution in [3.63, 3.8) is 0 Å². The highest BCUT2D eigenvalue weighted by molar-refractivity contribution is 8.00. The fraction of sp³-hybridized carbons (Fsp3) is 1.00. The lowest BCUT2D eigenvalue weighted by molar-refractivity contribution is 0.0967. The highest BCUT2D eigenvalue weighted by Gasteiger charge is 2.03. The van der Waals surface area contributed by atoms with Gasteiger partial charge in [-0.2, -0.15) is 58.8 Å². The quantitative estimate of drug-likeness (QED) is 0.159. The Morgan fingerprint density at radius 3 is 0.295 bits per heavy atom. The molecule has 15 heteroatoms. The van der Waals surface area contributed by atoms with Crippen molar-refractivity contribution < 1.29 is 23.7 Å². The van der Waals surface area contributed by atoms with E-state index < -0.39 is 0 Å². The molecule has 0 aromatic heterocycles. The van der Waals surface area contributed by atoms with Crippen molar-refractivity contribution in [3.05, 3.63) is 0 Å². The van der Waals surface area contributed by atoms with E-state index in [0.717, 1.165) is 66.1 Å². The second-order valence-electron chi connectivity index (χ2n) is 27.6. The Balaban J connectivity index is 0.000000505. The Morgan fingerprint density at radius 2 is 0.221 bits per heavy atom. The molecule has 17 rings (SSSR count). The van der Waals surface area contributed by atoms with Gasteiger partial charge in [-0.15, -0.1) is 0 Å². The summed E-state index contributed by atoms with van der Waals surface area (Å²) in [7, 11) is 0. The first-order valence-electron chi connectivity index (χ1n) is 41.8. The van der Waals surface area contributed by atoms with Gasteiger partial charge in [-0.05, 0) is 335 Å². The molecule has 570 valence electrons. The van der Waals surface area contributed by atoms with E-state index in [2.05, 4.69) is 85.4 Å². The molecular weight excluding hydrogens is 1270 g/mol. The summed E-state index contributed by atoms with van der Waals surface area (Å²) in [5.41, 5.74) is 0. The van der Waals surface area contributed by atoms with E-state index in [9.17, 15) is 0 Å². The maximum Gasteiger partial charge on any atom is 0.0466 e. The van der Waals surface area contributed by atoms with Crippen molar-refractivity contribution >= 4 is 58.8 Å². The van der Waals surface area contributed by atoms with Crippen LogP contribution in [0, 0.1) is 0 Å². The second-order valence-corrected chi connectivity index (χ2v) is 33.7. The summed E-state index contributed by atoms with van der Waals surface area (Å²) in [5.74, 6) is 14.2. The van der Waals surface area contributed by atoms with E-state index >= 15 is 0 Å². The van der Waals surface area contributed by atoms with Gasteiger partial charge >= 0.3 is 0 Å².